The lowest BCUT2D eigenvalue weighted by atomic mass is 9.88. The van der Waals surface area contributed by atoms with Crippen molar-refractivity contribution in [2.24, 2.45) is 0 Å². The summed E-state index contributed by atoms with van der Waals surface area (Å²) in [6.45, 7) is 6.61. The van der Waals surface area contributed by atoms with Crippen molar-refractivity contribution in [2.75, 3.05) is 5.75 Å². The monoisotopic (exact) mass is 249 g/mol. The van der Waals surface area contributed by atoms with Gasteiger partial charge in [-0.25, -0.2) is 0 Å². The number of hydrogen-bond acceptors (Lipinski definition) is 3. The summed E-state index contributed by atoms with van der Waals surface area (Å²) in [5, 5.41) is 3.76. The molecule has 1 N–H and O–H groups in total. The maximum atomic E-state index is 6.09. The van der Waals surface area contributed by atoms with Crippen LogP contribution in [0.2, 0.25) is 0 Å². The summed E-state index contributed by atoms with van der Waals surface area (Å²) in [6.07, 6.45) is 1.02. The van der Waals surface area contributed by atoms with Gasteiger partial charge in [-0.2, -0.15) is 0 Å². The molecule has 3 heteroatoms. The molecule has 0 radical (unpaired) electrons. The van der Waals surface area contributed by atoms with E-state index in [2.05, 4.69) is 50.4 Å². The van der Waals surface area contributed by atoms with Gasteiger partial charge in [-0.05, 0) is 26.8 Å². The molecule has 0 aromatic heterocycles. The Morgan fingerprint density at radius 1 is 1.35 bits per heavy atom. The molecule has 2 aliphatic heterocycles. The molecule has 2 unspecified atom stereocenters. The Morgan fingerprint density at radius 2 is 2.12 bits per heavy atom. The van der Waals surface area contributed by atoms with Crippen LogP contribution in [0.5, 0.6) is 5.75 Å². The SMILES string of the molecule is CC1CSC2(CC(C)(C)Oc3ccccc32)N1. The number of thioether (sulfide) groups is 1. The van der Waals surface area contributed by atoms with Gasteiger partial charge in [0.05, 0.1) is 4.87 Å². The van der Waals surface area contributed by atoms with E-state index in [-0.39, 0.29) is 10.5 Å². The third-order valence-corrected chi connectivity index (χ3v) is 5.08. The number of fused-ring (bicyclic) bond motifs is 2. The summed E-state index contributed by atoms with van der Waals surface area (Å²) in [6, 6.07) is 9.01. The number of hydrogen-bond donors (Lipinski definition) is 1. The number of para-hydroxylation sites is 1. The van der Waals surface area contributed by atoms with E-state index >= 15 is 0 Å². The average Bonchev–Trinajstić information content (AvgIpc) is 2.59. The predicted molar refractivity (Wildman–Crippen MR) is 72.5 cm³/mol. The van der Waals surface area contributed by atoms with E-state index < -0.39 is 0 Å². The van der Waals surface area contributed by atoms with Crippen molar-refractivity contribution in [3.8, 4) is 5.75 Å². The Kier molecular flexibility index (Phi) is 2.46. The highest BCUT2D eigenvalue weighted by atomic mass is 32.2. The number of ether oxygens (including phenoxy) is 1. The minimum Gasteiger partial charge on any atom is -0.487 e. The lowest BCUT2D eigenvalue weighted by Crippen LogP contribution is -2.49. The molecule has 2 nitrogen and oxygen atoms in total. The Hall–Kier alpha value is -0.670. The van der Waals surface area contributed by atoms with Crippen LogP contribution in [0.1, 0.15) is 32.8 Å². The number of nitrogens with one attached hydrogen (secondary N) is 1. The standard InChI is InChI=1S/C14H19NOS/c1-10-8-17-14(15-10)9-13(2,3)16-12-7-5-4-6-11(12)14/h4-7,10,15H,8-9H2,1-3H3. The first-order valence-electron chi connectivity index (χ1n) is 6.21. The van der Waals surface area contributed by atoms with Crippen LogP contribution >= 0.6 is 11.8 Å². The highest BCUT2D eigenvalue weighted by molar-refractivity contribution is 8.00. The van der Waals surface area contributed by atoms with Crippen LogP contribution in [0.25, 0.3) is 0 Å². The highest BCUT2D eigenvalue weighted by Crippen LogP contribution is 2.52. The van der Waals surface area contributed by atoms with Gasteiger partial charge in [0, 0.05) is 23.8 Å². The van der Waals surface area contributed by atoms with Gasteiger partial charge >= 0.3 is 0 Å². The van der Waals surface area contributed by atoms with Crippen molar-refractivity contribution >= 4 is 11.8 Å². The van der Waals surface area contributed by atoms with Crippen molar-refractivity contribution in [1.82, 2.24) is 5.32 Å². The number of rotatable bonds is 0. The Labute approximate surface area is 107 Å². The third-order valence-electron chi connectivity index (χ3n) is 3.44. The summed E-state index contributed by atoms with van der Waals surface area (Å²) in [7, 11) is 0. The van der Waals surface area contributed by atoms with E-state index in [1.807, 2.05) is 11.8 Å². The van der Waals surface area contributed by atoms with Gasteiger partial charge in [0.2, 0.25) is 0 Å². The largest absolute Gasteiger partial charge is 0.487 e. The van der Waals surface area contributed by atoms with Gasteiger partial charge in [-0.15, -0.1) is 11.8 Å². The van der Waals surface area contributed by atoms with Crippen LogP contribution in [0.15, 0.2) is 24.3 Å². The van der Waals surface area contributed by atoms with Crippen LogP contribution in [0.4, 0.5) is 0 Å². The summed E-state index contributed by atoms with van der Waals surface area (Å²) in [5.41, 5.74) is 1.21. The molecular formula is C14H19NOS. The Balaban J connectivity index is 2.10. The Morgan fingerprint density at radius 3 is 2.82 bits per heavy atom. The van der Waals surface area contributed by atoms with E-state index in [1.54, 1.807) is 0 Å². The molecule has 0 aliphatic carbocycles. The van der Waals surface area contributed by atoms with Crippen molar-refractivity contribution in [2.45, 2.75) is 43.7 Å². The molecule has 0 bridgehead atoms. The van der Waals surface area contributed by atoms with Crippen molar-refractivity contribution in [3.05, 3.63) is 29.8 Å². The molecule has 2 aliphatic rings. The molecular weight excluding hydrogens is 230 g/mol. The fourth-order valence-electron chi connectivity index (χ4n) is 2.92. The first-order valence-corrected chi connectivity index (χ1v) is 7.20. The van der Waals surface area contributed by atoms with Crippen LogP contribution < -0.4 is 10.1 Å². The molecule has 1 spiro atoms. The van der Waals surface area contributed by atoms with Gasteiger partial charge in [-0.3, -0.25) is 5.32 Å². The first-order chi connectivity index (χ1) is 8.01. The molecule has 1 aromatic carbocycles. The molecule has 1 saturated heterocycles. The third kappa shape index (κ3) is 1.85. The maximum absolute atomic E-state index is 6.09. The molecule has 2 heterocycles. The fourth-order valence-corrected chi connectivity index (χ4v) is 4.60. The molecule has 0 amide bonds. The van der Waals surface area contributed by atoms with Crippen molar-refractivity contribution in [3.63, 3.8) is 0 Å². The van der Waals surface area contributed by atoms with Gasteiger partial charge in [-0.1, -0.05) is 18.2 Å². The molecule has 0 saturated carbocycles. The second-order valence-corrected chi connectivity index (χ2v) is 7.04. The van der Waals surface area contributed by atoms with E-state index in [9.17, 15) is 0 Å². The minimum absolute atomic E-state index is 0.0533. The molecule has 17 heavy (non-hydrogen) atoms. The van der Waals surface area contributed by atoms with Gasteiger partial charge in [0.25, 0.3) is 0 Å². The van der Waals surface area contributed by atoms with Crippen LogP contribution in [-0.4, -0.2) is 17.4 Å². The van der Waals surface area contributed by atoms with Crippen molar-refractivity contribution < 1.29 is 4.74 Å². The topological polar surface area (TPSA) is 21.3 Å². The summed E-state index contributed by atoms with van der Waals surface area (Å²) >= 11 is 2.03. The summed E-state index contributed by atoms with van der Waals surface area (Å²) < 4.78 is 6.09. The van der Waals surface area contributed by atoms with E-state index in [4.69, 9.17) is 4.74 Å². The molecule has 92 valence electrons. The van der Waals surface area contributed by atoms with Crippen LogP contribution in [0, 0.1) is 0 Å². The minimum atomic E-state index is -0.0988. The zero-order chi connectivity index (χ0) is 12.1. The smallest absolute Gasteiger partial charge is 0.126 e. The quantitative estimate of drug-likeness (QED) is 0.763. The van der Waals surface area contributed by atoms with Crippen LogP contribution in [0.3, 0.4) is 0 Å². The normalized spacial score (nSPS) is 34.4. The predicted octanol–water partition coefficient (Wildman–Crippen LogP) is 3.13. The van der Waals surface area contributed by atoms with E-state index in [1.165, 1.54) is 11.3 Å². The lowest BCUT2D eigenvalue weighted by Gasteiger charge is -2.44. The fraction of sp³-hybridized carbons (Fsp3) is 0.571. The first kappa shape index (κ1) is 11.4. The van der Waals surface area contributed by atoms with Crippen LogP contribution in [-0.2, 0) is 4.87 Å². The second kappa shape index (κ2) is 3.66. The summed E-state index contributed by atoms with van der Waals surface area (Å²) in [5.74, 6) is 2.21. The second-order valence-electron chi connectivity index (χ2n) is 5.72. The van der Waals surface area contributed by atoms with Crippen molar-refractivity contribution in [1.29, 1.82) is 0 Å². The maximum Gasteiger partial charge on any atom is 0.126 e. The van der Waals surface area contributed by atoms with Gasteiger partial charge in [0.15, 0.2) is 0 Å². The van der Waals surface area contributed by atoms with E-state index in [0.717, 1.165) is 12.2 Å². The molecule has 3 rings (SSSR count). The zero-order valence-corrected chi connectivity index (χ0v) is 11.4. The Bertz CT molecular complexity index is 446. The van der Waals surface area contributed by atoms with Gasteiger partial charge in [0.1, 0.15) is 11.4 Å². The molecule has 2 atom stereocenters. The number of benzene rings is 1. The molecule has 1 fully saturated rings. The molecule has 1 aromatic rings. The summed E-state index contributed by atoms with van der Waals surface area (Å²) in [4.78, 5) is 0.0533. The average molecular weight is 249 g/mol. The highest BCUT2D eigenvalue weighted by Gasteiger charge is 2.48. The van der Waals surface area contributed by atoms with E-state index in [0.29, 0.717) is 6.04 Å². The zero-order valence-electron chi connectivity index (χ0n) is 10.6. The van der Waals surface area contributed by atoms with Gasteiger partial charge < -0.3 is 4.74 Å². The lowest BCUT2D eigenvalue weighted by molar-refractivity contribution is 0.0584.